The Bertz CT molecular complexity index is 782. The van der Waals surface area contributed by atoms with Gasteiger partial charge in [-0.3, -0.25) is 0 Å². The number of benzene rings is 1. The first-order valence-electron chi connectivity index (χ1n) is 9.63. The molecular weight excluding hydrogens is 385 g/mol. The average molecular weight is 412 g/mol. The molecule has 0 aliphatic heterocycles. The van der Waals surface area contributed by atoms with Crippen molar-refractivity contribution in [1.29, 1.82) is 0 Å². The van der Waals surface area contributed by atoms with Crippen molar-refractivity contribution in [2.24, 2.45) is 4.99 Å². The molecule has 0 saturated carbocycles. The Morgan fingerprint density at radius 3 is 2.55 bits per heavy atom. The van der Waals surface area contributed by atoms with Crippen LogP contribution in [-0.4, -0.2) is 30.4 Å². The fourth-order valence-electron chi connectivity index (χ4n) is 2.75. The molecular formula is C20H27F3N4O2. The number of aryl methyl sites for hydroxylation is 2. The van der Waals surface area contributed by atoms with Crippen LogP contribution in [0.2, 0.25) is 0 Å². The molecule has 0 saturated heterocycles. The Kier molecular flexibility index (Phi) is 8.35. The van der Waals surface area contributed by atoms with Gasteiger partial charge in [0, 0.05) is 30.6 Å². The van der Waals surface area contributed by atoms with Crippen molar-refractivity contribution in [3.63, 3.8) is 0 Å². The Hall–Kier alpha value is -2.71. The van der Waals surface area contributed by atoms with Crippen LogP contribution in [0.15, 0.2) is 33.8 Å². The maximum Gasteiger partial charge on any atom is 0.422 e. The zero-order valence-corrected chi connectivity index (χ0v) is 16.9. The quantitative estimate of drug-likeness (QED) is 0.481. The molecule has 9 heteroatoms. The first-order chi connectivity index (χ1) is 13.9. The molecule has 1 aromatic carbocycles. The lowest BCUT2D eigenvalue weighted by Crippen LogP contribution is -2.37. The molecule has 0 fully saturated rings. The Morgan fingerprint density at radius 1 is 1.14 bits per heavy atom. The lowest BCUT2D eigenvalue weighted by molar-refractivity contribution is -0.153. The van der Waals surface area contributed by atoms with Crippen LogP contribution >= 0.6 is 0 Å². The van der Waals surface area contributed by atoms with E-state index in [1.54, 1.807) is 18.2 Å². The zero-order valence-electron chi connectivity index (χ0n) is 16.9. The third kappa shape index (κ3) is 6.99. The molecule has 0 aliphatic rings. The minimum Gasteiger partial charge on any atom is -0.484 e. The van der Waals surface area contributed by atoms with Gasteiger partial charge in [-0.05, 0) is 19.4 Å². The van der Waals surface area contributed by atoms with Gasteiger partial charge in [0.05, 0.1) is 12.2 Å². The van der Waals surface area contributed by atoms with Gasteiger partial charge in [-0.15, -0.1) is 0 Å². The van der Waals surface area contributed by atoms with E-state index in [0.717, 1.165) is 29.9 Å². The predicted octanol–water partition coefficient (Wildman–Crippen LogP) is 4.00. The number of guanidine groups is 1. The van der Waals surface area contributed by atoms with Gasteiger partial charge >= 0.3 is 6.18 Å². The highest BCUT2D eigenvalue weighted by Gasteiger charge is 2.28. The molecule has 2 rings (SSSR count). The molecule has 0 radical (unpaired) electrons. The minimum absolute atomic E-state index is 0.171. The van der Waals surface area contributed by atoms with Gasteiger partial charge < -0.3 is 19.9 Å². The number of nitrogens with zero attached hydrogens (tertiary/aromatic N) is 2. The van der Waals surface area contributed by atoms with Crippen molar-refractivity contribution >= 4 is 5.96 Å². The van der Waals surface area contributed by atoms with E-state index >= 15 is 0 Å². The second kappa shape index (κ2) is 10.7. The largest absolute Gasteiger partial charge is 0.484 e. The van der Waals surface area contributed by atoms with E-state index in [0.29, 0.717) is 24.6 Å². The van der Waals surface area contributed by atoms with Gasteiger partial charge in [-0.25, -0.2) is 4.99 Å². The second-order valence-electron chi connectivity index (χ2n) is 6.30. The minimum atomic E-state index is -4.39. The van der Waals surface area contributed by atoms with E-state index in [9.17, 15) is 13.2 Å². The van der Waals surface area contributed by atoms with Crippen LogP contribution < -0.4 is 15.4 Å². The number of aliphatic imine (C=N–C) groups is 1. The monoisotopic (exact) mass is 412 g/mol. The van der Waals surface area contributed by atoms with E-state index < -0.39 is 12.8 Å². The van der Waals surface area contributed by atoms with Crippen LogP contribution in [-0.2, 0) is 25.9 Å². The SMILES string of the molecule is CCNC(=NCc1ccccc1OCC(F)(F)F)NCc1c(CC)noc1CC. The second-order valence-corrected chi connectivity index (χ2v) is 6.30. The van der Waals surface area contributed by atoms with Crippen molar-refractivity contribution in [3.8, 4) is 5.75 Å². The highest BCUT2D eigenvalue weighted by atomic mass is 19.4. The number of hydrogen-bond donors (Lipinski definition) is 2. The first kappa shape index (κ1) is 22.6. The fourth-order valence-corrected chi connectivity index (χ4v) is 2.75. The molecule has 160 valence electrons. The summed E-state index contributed by atoms with van der Waals surface area (Å²) in [5.74, 6) is 1.55. The molecule has 0 aliphatic carbocycles. The van der Waals surface area contributed by atoms with Crippen molar-refractivity contribution < 1.29 is 22.4 Å². The average Bonchev–Trinajstić information content (AvgIpc) is 3.10. The summed E-state index contributed by atoms with van der Waals surface area (Å²) in [4.78, 5) is 4.48. The van der Waals surface area contributed by atoms with Crippen LogP contribution in [0.1, 0.15) is 43.4 Å². The van der Waals surface area contributed by atoms with E-state index in [1.165, 1.54) is 6.07 Å². The van der Waals surface area contributed by atoms with Gasteiger partial charge in [0.1, 0.15) is 11.5 Å². The van der Waals surface area contributed by atoms with E-state index in [1.807, 2.05) is 20.8 Å². The normalized spacial score (nSPS) is 12.1. The topological polar surface area (TPSA) is 71.7 Å². The number of hydrogen-bond acceptors (Lipinski definition) is 4. The molecule has 29 heavy (non-hydrogen) atoms. The lowest BCUT2D eigenvalue weighted by atomic mass is 10.1. The highest BCUT2D eigenvalue weighted by molar-refractivity contribution is 5.79. The number of alkyl halides is 3. The summed E-state index contributed by atoms with van der Waals surface area (Å²) in [5.41, 5.74) is 2.48. The lowest BCUT2D eigenvalue weighted by Gasteiger charge is -2.14. The molecule has 0 unspecified atom stereocenters. The van der Waals surface area contributed by atoms with Crippen LogP contribution in [0.5, 0.6) is 5.75 Å². The summed E-state index contributed by atoms with van der Waals surface area (Å²) < 4.78 is 47.7. The smallest absolute Gasteiger partial charge is 0.422 e. The van der Waals surface area contributed by atoms with E-state index in [2.05, 4.69) is 20.8 Å². The molecule has 1 heterocycles. The molecule has 1 aromatic heterocycles. The van der Waals surface area contributed by atoms with Gasteiger partial charge in [0.25, 0.3) is 0 Å². The molecule has 0 atom stereocenters. The maximum atomic E-state index is 12.5. The van der Waals surface area contributed by atoms with Crippen molar-refractivity contribution in [2.45, 2.75) is 52.9 Å². The fraction of sp³-hybridized carbons (Fsp3) is 0.500. The number of para-hydroxylation sites is 1. The van der Waals surface area contributed by atoms with Crippen molar-refractivity contribution in [3.05, 3.63) is 46.8 Å². The molecule has 0 spiro atoms. The number of aromatic nitrogens is 1. The van der Waals surface area contributed by atoms with Crippen LogP contribution in [0.3, 0.4) is 0 Å². The van der Waals surface area contributed by atoms with E-state index in [-0.39, 0.29) is 12.3 Å². The van der Waals surface area contributed by atoms with Gasteiger partial charge in [0.2, 0.25) is 0 Å². The number of ether oxygens (including phenoxy) is 1. The van der Waals surface area contributed by atoms with Crippen LogP contribution in [0, 0.1) is 0 Å². The summed E-state index contributed by atoms with van der Waals surface area (Å²) in [6.45, 7) is 5.93. The molecule has 2 aromatic rings. The number of nitrogens with one attached hydrogen (secondary N) is 2. The Balaban J connectivity index is 2.09. The van der Waals surface area contributed by atoms with E-state index in [4.69, 9.17) is 9.26 Å². The Morgan fingerprint density at radius 2 is 1.90 bits per heavy atom. The third-order valence-corrected chi connectivity index (χ3v) is 4.16. The first-order valence-corrected chi connectivity index (χ1v) is 9.63. The van der Waals surface area contributed by atoms with Crippen LogP contribution in [0.4, 0.5) is 13.2 Å². The number of rotatable bonds is 9. The predicted molar refractivity (Wildman–Crippen MR) is 105 cm³/mol. The molecule has 6 nitrogen and oxygen atoms in total. The van der Waals surface area contributed by atoms with Gasteiger partial charge in [-0.2, -0.15) is 13.2 Å². The molecule has 0 bridgehead atoms. The van der Waals surface area contributed by atoms with Gasteiger partial charge in [-0.1, -0.05) is 37.2 Å². The third-order valence-electron chi connectivity index (χ3n) is 4.16. The van der Waals surface area contributed by atoms with Crippen LogP contribution in [0.25, 0.3) is 0 Å². The van der Waals surface area contributed by atoms with Gasteiger partial charge in [0.15, 0.2) is 12.6 Å². The highest BCUT2D eigenvalue weighted by Crippen LogP contribution is 2.23. The summed E-state index contributed by atoms with van der Waals surface area (Å²) in [7, 11) is 0. The maximum absolute atomic E-state index is 12.5. The summed E-state index contributed by atoms with van der Waals surface area (Å²) in [6, 6.07) is 6.58. The van der Waals surface area contributed by atoms with Crippen molar-refractivity contribution in [2.75, 3.05) is 13.2 Å². The zero-order chi connectivity index (χ0) is 21.3. The number of halogens is 3. The summed E-state index contributed by atoms with van der Waals surface area (Å²) in [5, 5.41) is 10.5. The summed E-state index contributed by atoms with van der Waals surface area (Å²) >= 11 is 0. The standard InChI is InChI=1S/C20H27F3N4O2/c1-4-16-15(17(5-2)29-27-16)12-26-19(24-6-3)25-11-14-9-7-8-10-18(14)28-13-20(21,22)23/h7-10H,4-6,11-13H2,1-3H3,(H2,24,25,26). The Labute approximate surface area is 168 Å². The van der Waals surface area contributed by atoms with Crippen molar-refractivity contribution in [1.82, 2.24) is 15.8 Å². The summed E-state index contributed by atoms with van der Waals surface area (Å²) in [6.07, 6.45) is -2.89. The molecule has 2 N–H and O–H groups in total. The molecule has 0 amide bonds.